The lowest BCUT2D eigenvalue weighted by atomic mass is 10.1. The van der Waals surface area contributed by atoms with Crippen LogP contribution in [0.1, 0.15) is 24.3 Å². The van der Waals surface area contributed by atoms with Crippen LogP contribution in [0.5, 0.6) is 0 Å². The van der Waals surface area contributed by atoms with Crippen molar-refractivity contribution in [1.82, 2.24) is 15.5 Å². The maximum Gasteiger partial charge on any atom is 0.325 e. The van der Waals surface area contributed by atoms with Crippen LogP contribution in [0.4, 0.5) is 4.79 Å². The van der Waals surface area contributed by atoms with Crippen LogP contribution in [0.15, 0.2) is 65.1 Å². The van der Waals surface area contributed by atoms with Crippen molar-refractivity contribution >= 4 is 28.8 Å². The minimum atomic E-state index is -0.662. The first-order valence-electron chi connectivity index (χ1n) is 9.45. The van der Waals surface area contributed by atoms with Gasteiger partial charge in [0.25, 0.3) is 5.91 Å². The van der Waals surface area contributed by atoms with Gasteiger partial charge in [0, 0.05) is 11.8 Å². The summed E-state index contributed by atoms with van der Waals surface area (Å²) in [6.45, 7) is 1.46. The standard InChI is InChI=1S/C22H21N3O4/c1-14(19-12-16-9-5-6-10-18(16)29-19)23-20(26)13-25-21(27)17(24-22(25)28)11-15-7-3-2-4-8-15/h2-10,12,14,17H,11,13H2,1H3,(H,23,26)(H,24,28)/t14-,17-/m0/s1. The Morgan fingerprint density at radius 2 is 1.86 bits per heavy atom. The Morgan fingerprint density at radius 3 is 2.62 bits per heavy atom. The summed E-state index contributed by atoms with van der Waals surface area (Å²) < 4.78 is 5.75. The highest BCUT2D eigenvalue weighted by Gasteiger charge is 2.39. The SMILES string of the molecule is C[C@H](NC(=O)CN1C(=O)N[C@@H](Cc2ccccc2)C1=O)c1cc2ccccc2o1. The molecule has 0 unspecified atom stereocenters. The number of imide groups is 1. The highest BCUT2D eigenvalue weighted by molar-refractivity contribution is 6.06. The first kappa shape index (κ1) is 18.7. The average molecular weight is 391 g/mol. The maximum absolute atomic E-state index is 12.6. The van der Waals surface area contributed by atoms with Crippen LogP contribution in [0.25, 0.3) is 11.0 Å². The molecular weight excluding hydrogens is 370 g/mol. The zero-order valence-electron chi connectivity index (χ0n) is 15.9. The normalized spacial score (nSPS) is 17.4. The van der Waals surface area contributed by atoms with Gasteiger partial charge >= 0.3 is 6.03 Å². The van der Waals surface area contributed by atoms with Crippen LogP contribution >= 0.6 is 0 Å². The van der Waals surface area contributed by atoms with E-state index in [1.807, 2.05) is 60.7 Å². The predicted molar refractivity (Wildman–Crippen MR) is 107 cm³/mol. The zero-order chi connectivity index (χ0) is 20.4. The number of rotatable bonds is 6. The van der Waals surface area contributed by atoms with Gasteiger partial charge in [-0.05, 0) is 24.6 Å². The van der Waals surface area contributed by atoms with Crippen molar-refractivity contribution in [3.05, 3.63) is 72.0 Å². The molecule has 1 aliphatic rings. The number of furan rings is 1. The molecule has 0 saturated carbocycles. The summed E-state index contributed by atoms with van der Waals surface area (Å²) in [5.74, 6) is -0.217. The molecule has 7 nitrogen and oxygen atoms in total. The highest BCUT2D eigenvalue weighted by atomic mass is 16.3. The molecule has 7 heteroatoms. The van der Waals surface area contributed by atoms with E-state index in [9.17, 15) is 14.4 Å². The highest BCUT2D eigenvalue weighted by Crippen LogP contribution is 2.23. The minimum absolute atomic E-state index is 0.333. The average Bonchev–Trinajstić information content (AvgIpc) is 3.26. The van der Waals surface area contributed by atoms with E-state index >= 15 is 0 Å². The topological polar surface area (TPSA) is 91.7 Å². The van der Waals surface area contributed by atoms with E-state index in [0.717, 1.165) is 21.4 Å². The summed E-state index contributed by atoms with van der Waals surface area (Å²) >= 11 is 0. The fraction of sp³-hybridized carbons (Fsp3) is 0.227. The number of para-hydroxylation sites is 1. The Hall–Kier alpha value is -3.61. The molecule has 1 saturated heterocycles. The maximum atomic E-state index is 12.6. The van der Waals surface area contributed by atoms with Crippen molar-refractivity contribution in [2.45, 2.75) is 25.4 Å². The number of amides is 4. The van der Waals surface area contributed by atoms with Crippen molar-refractivity contribution in [3.63, 3.8) is 0 Å². The number of hydrogen-bond donors (Lipinski definition) is 2. The molecule has 0 aliphatic carbocycles. The van der Waals surface area contributed by atoms with Gasteiger partial charge in [0.1, 0.15) is 23.9 Å². The second-order valence-electron chi connectivity index (χ2n) is 7.09. The molecule has 0 radical (unpaired) electrons. The molecule has 0 bridgehead atoms. The number of carbonyl (C=O) groups is 3. The second kappa shape index (κ2) is 7.79. The summed E-state index contributed by atoms with van der Waals surface area (Å²) in [5, 5.41) is 6.38. The van der Waals surface area contributed by atoms with Gasteiger partial charge in [-0.1, -0.05) is 48.5 Å². The largest absolute Gasteiger partial charge is 0.459 e. The summed E-state index contributed by atoms with van der Waals surface area (Å²) in [4.78, 5) is 38.1. The van der Waals surface area contributed by atoms with Crippen LogP contribution in [-0.4, -0.2) is 35.3 Å². The van der Waals surface area contributed by atoms with Gasteiger partial charge in [-0.2, -0.15) is 0 Å². The summed E-state index contributed by atoms with van der Waals surface area (Å²) in [6, 6.07) is 17.3. The fourth-order valence-corrected chi connectivity index (χ4v) is 3.43. The molecule has 1 aliphatic heterocycles. The monoisotopic (exact) mass is 391 g/mol. The van der Waals surface area contributed by atoms with Gasteiger partial charge in [-0.15, -0.1) is 0 Å². The Labute approximate surface area is 167 Å². The van der Waals surface area contributed by atoms with Crippen molar-refractivity contribution in [2.24, 2.45) is 0 Å². The Balaban J connectivity index is 1.37. The van der Waals surface area contributed by atoms with E-state index in [1.54, 1.807) is 6.92 Å². The van der Waals surface area contributed by atoms with E-state index in [-0.39, 0.29) is 6.54 Å². The van der Waals surface area contributed by atoms with Crippen LogP contribution < -0.4 is 10.6 Å². The zero-order valence-corrected chi connectivity index (χ0v) is 15.9. The molecule has 148 valence electrons. The van der Waals surface area contributed by atoms with Crippen molar-refractivity contribution in [1.29, 1.82) is 0 Å². The number of fused-ring (bicyclic) bond motifs is 1. The fourth-order valence-electron chi connectivity index (χ4n) is 3.43. The Bertz CT molecular complexity index is 1030. The van der Waals surface area contributed by atoms with E-state index in [4.69, 9.17) is 4.42 Å². The number of nitrogens with one attached hydrogen (secondary N) is 2. The van der Waals surface area contributed by atoms with Crippen LogP contribution in [0.2, 0.25) is 0 Å². The first-order valence-corrected chi connectivity index (χ1v) is 9.45. The van der Waals surface area contributed by atoms with Gasteiger partial charge in [0.2, 0.25) is 5.91 Å². The molecule has 1 aromatic heterocycles. The van der Waals surface area contributed by atoms with E-state index < -0.39 is 29.9 Å². The third-order valence-corrected chi connectivity index (χ3v) is 4.94. The van der Waals surface area contributed by atoms with Crippen molar-refractivity contribution in [3.8, 4) is 0 Å². The minimum Gasteiger partial charge on any atom is -0.459 e. The second-order valence-corrected chi connectivity index (χ2v) is 7.09. The molecule has 1 fully saturated rings. The third kappa shape index (κ3) is 3.99. The number of urea groups is 1. The molecule has 2 heterocycles. The molecule has 2 N–H and O–H groups in total. The molecule has 2 atom stereocenters. The van der Waals surface area contributed by atoms with Crippen LogP contribution in [0, 0.1) is 0 Å². The number of nitrogens with zero attached hydrogens (tertiary/aromatic N) is 1. The van der Waals surface area contributed by atoms with Crippen molar-refractivity contribution < 1.29 is 18.8 Å². The quantitative estimate of drug-likeness (QED) is 0.632. The molecule has 4 rings (SSSR count). The number of hydrogen-bond acceptors (Lipinski definition) is 4. The van der Waals surface area contributed by atoms with Gasteiger partial charge < -0.3 is 15.1 Å². The summed E-state index contributed by atoms with van der Waals surface area (Å²) in [7, 11) is 0. The third-order valence-electron chi connectivity index (χ3n) is 4.94. The summed E-state index contributed by atoms with van der Waals surface area (Å²) in [6.07, 6.45) is 0.388. The van der Waals surface area contributed by atoms with E-state index in [1.165, 1.54) is 0 Å². The van der Waals surface area contributed by atoms with Crippen LogP contribution in [0.3, 0.4) is 0 Å². The molecule has 2 aromatic carbocycles. The van der Waals surface area contributed by atoms with Gasteiger partial charge in [-0.3, -0.25) is 14.5 Å². The smallest absolute Gasteiger partial charge is 0.325 e. The predicted octanol–water partition coefficient (Wildman–Crippen LogP) is 2.77. The van der Waals surface area contributed by atoms with Gasteiger partial charge in [0.05, 0.1) is 6.04 Å². The van der Waals surface area contributed by atoms with E-state index in [2.05, 4.69) is 10.6 Å². The Kier molecular flexibility index (Phi) is 5.03. The van der Waals surface area contributed by atoms with E-state index in [0.29, 0.717) is 12.2 Å². The molecule has 4 amide bonds. The first-order chi connectivity index (χ1) is 14.0. The lowest BCUT2D eigenvalue weighted by molar-refractivity contribution is -0.132. The Morgan fingerprint density at radius 1 is 1.14 bits per heavy atom. The summed E-state index contributed by atoms with van der Waals surface area (Å²) in [5.41, 5.74) is 1.68. The number of benzene rings is 2. The lowest BCUT2D eigenvalue weighted by Crippen LogP contribution is -2.41. The van der Waals surface area contributed by atoms with Gasteiger partial charge in [0.15, 0.2) is 0 Å². The lowest BCUT2D eigenvalue weighted by Gasteiger charge is -2.15. The molecular formula is C22H21N3O4. The van der Waals surface area contributed by atoms with Gasteiger partial charge in [-0.25, -0.2) is 4.79 Å². The van der Waals surface area contributed by atoms with Crippen molar-refractivity contribution in [2.75, 3.05) is 6.54 Å². The number of carbonyl (C=O) groups excluding carboxylic acids is 3. The molecule has 0 spiro atoms. The molecule has 3 aromatic rings. The molecule has 29 heavy (non-hydrogen) atoms. The van der Waals surface area contributed by atoms with Crippen LogP contribution in [-0.2, 0) is 16.0 Å².